The molecule has 1 aliphatic rings. The Bertz CT molecular complexity index is 1300. The summed E-state index contributed by atoms with van der Waals surface area (Å²) in [5.74, 6) is 7.80. The largest absolute Gasteiger partial charge is 0.497 e. The topological polar surface area (TPSA) is 92.1 Å². The molecule has 1 aliphatic heterocycles. The molecule has 2 aromatic carbocycles. The molecule has 7 nitrogen and oxygen atoms in total. The number of carboxylic acid groups (broad SMARTS) is 1. The SMILES string of the molecule is COc1ccc2nccc([C@@H](O)CCC3CCN(CC#Cc4ccccc4OC)CC3CCC(=O)O)c2c1. The van der Waals surface area contributed by atoms with Crippen molar-refractivity contribution in [3.63, 3.8) is 0 Å². The highest BCUT2D eigenvalue weighted by Gasteiger charge is 2.30. The molecule has 0 saturated carbocycles. The van der Waals surface area contributed by atoms with Crippen molar-refractivity contribution in [3.8, 4) is 23.3 Å². The molecule has 200 valence electrons. The van der Waals surface area contributed by atoms with Crippen molar-refractivity contribution >= 4 is 16.9 Å². The number of likely N-dealkylation sites (tertiary alicyclic amines) is 1. The number of pyridine rings is 1. The van der Waals surface area contributed by atoms with Crippen molar-refractivity contribution in [2.45, 2.75) is 38.2 Å². The Morgan fingerprint density at radius 1 is 1.13 bits per heavy atom. The molecule has 0 aliphatic carbocycles. The third-order valence-electron chi connectivity index (χ3n) is 7.49. The molecule has 38 heavy (non-hydrogen) atoms. The summed E-state index contributed by atoms with van der Waals surface area (Å²) in [6.45, 7) is 2.34. The fourth-order valence-electron chi connectivity index (χ4n) is 5.40. The van der Waals surface area contributed by atoms with Gasteiger partial charge >= 0.3 is 5.97 Å². The summed E-state index contributed by atoms with van der Waals surface area (Å²) in [5, 5.41) is 21.3. The van der Waals surface area contributed by atoms with E-state index in [2.05, 4.69) is 21.7 Å². The lowest BCUT2D eigenvalue weighted by atomic mass is 9.79. The van der Waals surface area contributed by atoms with E-state index in [0.29, 0.717) is 25.3 Å². The monoisotopic (exact) mass is 516 g/mol. The molecule has 1 saturated heterocycles. The Hall–Kier alpha value is -3.60. The van der Waals surface area contributed by atoms with Gasteiger partial charge in [0.1, 0.15) is 11.5 Å². The first-order chi connectivity index (χ1) is 18.5. The highest BCUT2D eigenvalue weighted by molar-refractivity contribution is 5.83. The molecular formula is C31H36N2O5. The average molecular weight is 517 g/mol. The van der Waals surface area contributed by atoms with Crippen molar-refractivity contribution in [2.24, 2.45) is 11.8 Å². The van der Waals surface area contributed by atoms with Crippen LogP contribution >= 0.6 is 0 Å². The normalized spacial score (nSPS) is 18.4. The molecule has 4 rings (SSSR count). The predicted octanol–water partition coefficient (Wildman–Crippen LogP) is 4.92. The third-order valence-corrected chi connectivity index (χ3v) is 7.49. The molecule has 0 radical (unpaired) electrons. The van der Waals surface area contributed by atoms with Gasteiger partial charge in [-0.3, -0.25) is 14.7 Å². The maximum atomic E-state index is 11.3. The number of carbonyl (C=O) groups is 1. The van der Waals surface area contributed by atoms with E-state index in [1.165, 1.54) is 0 Å². The van der Waals surface area contributed by atoms with Crippen molar-refractivity contribution in [3.05, 3.63) is 65.9 Å². The van der Waals surface area contributed by atoms with Gasteiger partial charge in [-0.05, 0) is 86.0 Å². The lowest BCUT2D eigenvalue weighted by Gasteiger charge is -2.38. The lowest BCUT2D eigenvalue weighted by molar-refractivity contribution is -0.137. The number of aliphatic hydroxyl groups is 1. The van der Waals surface area contributed by atoms with Gasteiger partial charge in [-0.1, -0.05) is 24.0 Å². The number of benzene rings is 2. The Balaban J connectivity index is 1.40. The fraction of sp³-hybridized carbons (Fsp3) is 0.419. The van der Waals surface area contributed by atoms with Crippen LogP contribution in [0, 0.1) is 23.7 Å². The number of carboxylic acids is 1. The van der Waals surface area contributed by atoms with E-state index < -0.39 is 12.1 Å². The Labute approximate surface area is 224 Å². The first-order valence-electron chi connectivity index (χ1n) is 13.1. The van der Waals surface area contributed by atoms with E-state index in [4.69, 9.17) is 9.47 Å². The van der Waals surface area contributed by atoms with Crippen LogP contribution in [-0.4, -0.2) is 59.9 Å². The standard InChI is InChI=1S/C31H36N2O5/c1-37-25-11-12-28-27(20-25)26(15-17-32-28)29(34)13-9-22-16-19-33(21-24(22)10-14-31(35)36)18-5-7-23-6-3-4-8-30(23)38-2/h3-4,6,8,11-12,15,17,20,22,24,29,34H,9-10,13-14,16,18-19,21H2,1-2H3,(H,35,36)/t22?,24?,29-/m0/s1. The Kier molecular flexibility index (Phi) is 9.58. The molecule has 0 bridgehead atoms. The zero-order valence-electron chi connectivity index (χ0n) is 22.1. The predicted molar refractivity (Wildman–Crippen MR) is 147 cm³/mol. The van der Waals surface area contributed by atoms with Crippen molar-refractivity contribution in [1.29, 1.82) is 0 Å². The van der Waals surface area contributed by atoms with E-state index in [-0.39, 0.29) is 12.3 Å². The molecular weight excluding hydrogens is 480 g/mol. The maximum Gasteiger partial charge on any atom is 0.303 e. The van der Waals surface area contributed by atoms with Crippen LogP contribution in [0.25, 0.3) is 10.9 Å². The first kappa shape index (κ1) is 27.4. The number of piperidine rings is 1. The Morgan fingerprint density at radius 3 is 2.76 bits per heavy atom. The number of hydrogen-bond donors (Lipinski definition) is 2. The summed E-state index contributed by atoms with van der Waals surface area (Å²) < 4.78 is 10.8. The minimum absolute atomic E-state index is 0.152. The molecule has 2 unspecified atom stereocenters. The van der Waals surface area contributed by atoms with Crippen molar-refractivity contribution in [2.75, 3.05) is 33.9 Å². The van der Waals surface area contributed by atoms with Gasteiger partial charge in [-0.2, -0.15) is 0 Å². The average Bonchev–Trinajstić information content (AvgIpc) is 2.94. The van der Waals surface area contributed by atoms with Crippen LogP contribution in [0.3, 0.4) is 0 Å². The van der Waals surface area contributed by atoms with Crippen molar-refractivity contribution < 1.29 is 24.5 Å². The molecule has 2 N–H and O–H groups in total. The molecule has 7 heteroatoms. The molecule has 3 atom stereocenters. The number of ether oxygens (including phenoxy) is 2. The van der Waals surface area contributed by atoms with Crippen LogP contribution in [0.4, 0.5) is 0 Å². The van der Waals surface area contributed by atoms with Gasteiger partial charge in [0.2, 0.25) is 0 Å². The summed E-state index contributed by atoms with van der Waals surface area (Å²) >= 11 is 0. The number of nitrogens with zero attached hydrogens (tertiary/aromatic N) is 2. The van der Waals surface area contributed by atoms with Crippen LogP contribution in [-0.2, 0) is 4.79 Å². The molecule has 1 aromatic heterocycles. The van der Waals surface area contributed by atoms with E-state index in [0.717, 1.165) is 59.5 Å². The molecule has 0 amide bonds. The second-order valence-corrected chi connectivity index (χ2v) is 9.85. The second-order valence-electron chi connectivity index (χ2n) is 9.85. The number of rotatable bonds is 10. The zero-order valence-corrected chi connectivity index (χ0v) is 22.1. The van der Waals surface area contributed by atoms with E-state index >= 15 is 0 Å². The van der Waals surface area contributed by atoms with E-state index in [9.17, 15) is 15.0 Å². The number of aromatic nitrogens is 1. The van der Waals surface area contributed by atoms with Crippen LogP contribution in [0.15, 0.2) is 54.7 Å². The van der Waals surface area contributed by atoms with Gasteiger partial charge in [0.05, 0.1) is 37.9 Å². The summed E-state index contributed by atoms with van der Waals surface area (Å²) in [6.07, 6.45) is 4.28. The summed E-state index contributed by atoms with van der Waals surface area (Å²) in [7, 11) is 3.27. The highest BCUT2D eigenvalue weighted by Crippen LogP contribution is 2.35. The van der Waals surface area contributed by atoms with Crippen LogP contribution in [0.2, 0.25) is 0 Å². The smallest absolute Gasteiger partial charge is 0.303 e. The van der Waals surface area contributed by atoms with Gasteiger partial charge in [0, 0.05) is 24.5 Å². The molecule has 1 fully saturated rings. The van der Waals surface area contributed by atoms with Crippen molar-refractivity contribution in [1.82, 2.24) is 9.88 Å². The third kappa shape index (κ3) is 7.03. The Morgan fingerprint density at radius 2 is 1.97 bits per heavy atom. The van der Waals surface area contributed by atoms with E-state index in [1.807, 2.05) is 48.5 Å². The summed E-state index contributed by atoms with van der Waals surface area (Å²) in [4.78, 5) is 18.1. The van der Waals surface area contributed by atoms with Gasteiger partial charge in [-0.25, -0.2) is 0 Å². The van der Waals surface area contributed by atoms with Gasteiger partial charge < -0.3 is 19.7 Å². The minimum atomic E-state index is -0.769. The van der Waals surface area contributed by atoms with Gasteiger partial charge in [-0.15, -0.1) is 0 Å². The number of aliphatic hydroxyl groups excluding tert-OH is 1. The minimum Gasteiger partial charge on any atom is -0.497 e. The summed E-state index contributed by atoms with van der Waals surface area (Å²) in [6, 6.07) is 15.3. The van der Waals surface area contributed by atoms with E-state index in [1.54, 1.807) is 20.4 Å². The number of aliphatic carboxylic acids is 1. The number of fused-ring (bicyclic) bond motifs is 1. The molecule has 0 spiro atoms. The first-order valence-corrected chi connectivity index (χ1v) is 13.1. The fourth-order valence-corrected chi connectivity index (χ4v) is 5.40. The quantitative estimate of drug-likeness (QED) is 0.370. The summed E-state index contributed by atoms with van der Waals surface area (Å²) in [5.41, 5.74) is 2.53. The number of methoxy groups -OCH3 is 2. The molecule has 3 aromatic rings. The lowest BCUT2D eigenvalue weighted by Crippen LogP contribution is -2.41. The van der Waals surface area contributed by atoms with Crippen LogP contribution in [0.5, 0.6) is 11.5 Å². The number of para-hydroxylation sites is 1. The molecule has 2 heterocycles. The highest BCUT2D eigenvalue weighted by atomic mass is 16.5. The second kappa shape index (κ2) is 13.3. The zero-order chi connectivity index (χ0) is 26.9. The number of hydrogen-bond acceptors (Lipinski definition) is 6. The van der Waals surface area contributed by atoms with Gasteiger partial charge in [0.15, 0.2) is 0 Å². The maximum absolute atomic E-state index is 11.3. The van der Waals surface area contributed by atoms with Gasteiger partial charge in [0.25, 0.3) is 0 Å². The van der Waals surface area contributed by atoms with Crippen LogP contribution in [0.1, 0.15) is 49.3 Å². The van der Waals surface area contributed by atoms with Crippen LogP contribution < -0.4 is 9.47 Å².